The minimum Gasteiger partial charge on any atom is -0.422 e. The molecule has 42 heavy (non-hydrogen) atoms. The Morgan fingerprint density at radius 2 is 1.29 bits per heavy atom. The van der Waals surface area contributed by atoms with Crippen molar-refractivity contribution < 1.29 is 14.3 Å². The van der Waals surface area contributed by atoms with Gasteiger partial charge in [-0.1, -0.05) is 145 Å². The van der Waals surface area contributed by atoms with Crippen LogP contribution < -0.4 is 10.2 Å². The summed E-state index contributed by atoms with van der Waals surface area (Å²) in [6.07, 6.45) is 21.5. The van der Waals surface area contributed by atoms with E-state index in [1.54, 1.807) is 24.4 Å². The van der Waals surface area contributed by atoms with E-state index in [-0.39, 0.29) is 5.91 Å². The summed E-state index contributed by atoms with van der Waals surface area (Å²) in [6, 6.07) is 18.8. The van der Waals surface area contributed by atoms with E-state index in [0.717, 1.165) is 29.2 Å². The first-order valence-corrected chi connectivity index (χ1v) is 16.2. The fraction of sp³-hybridized carbons (Fsp3) is 0.486. The maximum atomic E-state index is 12.8. The summed E-state index contributed by atoms with van der Waals surface area (Å²) in [7, 11) is 0. The van der Waals surface area contributed by atoms with Gasteiger partial charge in [-0.25, -0.2) is 10.2 Å². The topological polar surface area (TPSA) is 67.8 Å². The van der Waals surface area contributed by atoms with Gasteiger partial charge in [0.25, 0.3) is 0 Å². The van der Waals surface area contributed by atoms with E-state index in [0.29, 0.717) is 23.3 Å². The Morgan fingerprint density at radius 1 is 0.714 bits per heavy atom. The van der Waals surface area contributed by atoms with E-state index >= 15 is 0 Å². The molecule has 0 bridgehead atoms. The lowest BCUT2D eigenvalue weighted by atomic mass is 10.0. The van der Waals surface area contributed by atoms with E-state index in [1.165, 1.54) is 83.5 Å². The molecule has 0 aliphatic heterocycles. The van der Waals surface area contributed by atoms with Crippen LogP contribution in [-0.2, 0) is 4.79 Å². The lowest BCUT2D eigenvalue weighted by Crippen LogP contribution is -2.17. The normalized spacial score (nSPS) is 11.3. The molecule has 0 saturated heterocycles. The number of ether oxygens (including phenoxy) is 1. The number of hydrogen-bond acceptors (Lipinski definition) is 4. The van der Waals surface area contributed by atoms with Crippen molar-refractivity contribution in [2.24, 2.45) is 5.10 Å². The monoisotopic (exact) mass is 570 g/mol. The summed E-state index contributed by atoms with van der Waals surface area (Å²) < 4.78 is 5.75. The number of fused-ring (bicyclic) bond motifs is 1. The van der Waals surface area contributed by atoms with Crippen LogP contribution in [0.5, 0.6) is 5.75 Å². The summed E-state index contributed by atoms with van der Waals surface area (Å²) in [5.74, 6) is -0.129. The molecular formula is C37H50N2O3. The van der Waals surface area contributed by atoms with E-state index in [1.807, 2.05) is 49.4 Å². The Balaban J connectivity index is 1.35. The number of unbranched alkanes of at least 4 members (excludes halogenated alkanes) is 14. The Labute approximate surface area is 253 Å². The highest BCUT2D eigenvalue weighted by Gasteiger charge is 2.13. The molecular weight excluding hydrogens is 520 g/mol. The van der Waals surface area contributed by atoms with Gasteiger partial charge >= 0.3 is 5.97 Å². The zero-order valence-electron chi connectivity index (χ0n) is 25.8. The van der Waals surface area contributed by atoms with Gasteiger partial charge in [0.1, 0.15) is 5.75 Å². The van der Waals surface area contributed by atoms with Crippen molar-refractivity contribution in [1.29, 1.82) is 0 Å². The van der Waals surface area contributed by atoms with Gasteiger partial charge in [0.05, 0.1) is 11.8 Å². The van der Waals surface area contributed by atoms with Crippen molar-refractivity contribution >= 4 is 28.9 Å². The molecule has 1 amide bonds. The lowest BCUT2D eigenvalue weighted by Gasteiger charge is -2.11. The largest absolute Gasteiger partial charge is 0.422 e. The average Bonchev–Trinajstić information content (AvgIpc) is 3.00. The summed E-state index contributed by atoms with van der Waals surface area (Å²) >= 11 is 0. The minimum atomic E-state index is -0.433. The van der Waals surface area contributed by atoms with E-state index in [9.17, 15) is 9.59 Å². The number of rotatable bonds is 20. The summed E-state index contributed by atoms with van der Waals surface area (Å²) in [5.41, 5.74) is 4.86. The van der Waals surface area contributed by atoms with Gasteiger partial charge < -0.3 is 4.74 Å². The van der Waals surface area contributed by atoms with Gasteiger partial charge in [-0.3, -0.25) is 4.79 Å². The maximum absolute atomic E-state index is 12.8. The minimum absolute atomic E-state index is 0.0978. The highest BCUT2D eigenvalue weighted by molar-refractivity contribution is 6.04. The predicted octanol–water partition coefficient (Wildman–Crippen LogP) is 10.1. The molecule has 5 heteroatoms. The molecule has 0 aromatic heterocycles. The molecule has 226 valence electrons. The number of carbonyl (C=O) groups excluding carboxylic acids is 2. The average molecular weight is 571 g/mol. The van der Waals surface area contributed by atoms with Crippen molar-refractivity contribution in [3.63, 3.8) is 0 Å². The molecule has 0 aliphatic rings. The fourth-order valence-electron chi connectivity index (χ4n) is 5.23. The molecule has 1 N–H and O–H groups in total. The SMILES string of the molecule is CCCCCCCCCCCCCCCCCC(=O)NN=Cc1c(OC(=O)c2ccc(C)cc2)ccc2ccccc12. The van der Waals surface area contributed by atoms with Gasteiger partial charge in [0.2, 0.25) is 5.91 Å². The number of carbonyl (C=O) groups is 2. The number of nitrogens with one attached hydrogen (secondary N) is 1. The second-order valence-corrected chi connectivity index (χ2v) is 11.4. The first kappa shape index (κ1) is 33.0. The summed E-state index contributed by atoms with van der Waals surface area (Å²) in [5, 5.41) is 6.11. The Bertz CT molecular complexity index is 1250. The summed E-state index contributed by atoms with van der Waals surface area (Å²) in [4.78, 5) is 25.2. The quantitative estimate of drug-likeness (QED) is 0.0483. The molecule has 0 radical (unpaired) electrons. The van der Waals surface area contributed by atoms with Crippen LogP contribution >= 0.6 is 0 Å². The number of aryl methyl sites for hydroxylation is 1. The standard InChI is InChI=1S/C37H50N2O3/c1-3-4-5-6-7-8-9-10-11-12-13-14-15-16-17-22-36(40)39-38-29-34-33-21-19-18-20-31(33)27-28-35(34)42-37(41)32-25-23-30(2)24-26-32/h18-21,23-29H,3-17,22H2,1-2H3,(H,39,40). The van der Waals surface area contributed by atoms with Crippen molar-refractivity contribution in [2.75, 3.05) is 0 Å². The van der Waals surface area contributed by atoms with Crippen LogP contribution in [0.4, 0.5) is 0 Å². The van der Waals surface area contributed by atoms with Crippen molar-refractivity contribution in [3.8, 4) is 5.75 Å². The van der Waals surface area contributed by atoms with Gasteiger partial charge in [-0.2, -0.15) is 5.10 Å². The van der Waals surface area contributed by atoms with Gasteiger partial charge in [-0.05, 0) is 42.3 Å². The van der Waals surface area contributed by atoms with Crippen LogP contribution in [0.25, 0.3) is 10.8 Å². The predicted molar refractivity (Wildman–Crippen MR) is 175 cm³/mol. The van der Waals surface area contributed by atoms with Crippen LogP contribution in [0.15, 0.2) is 65.8 Å². The van der Waals surface area contributed by atoms with Crippen molar-refractivity contribution in [1.82, 2.24) is 5.43 Å². The second-order valence-electron chi connectivity index (χ2n) is 11.4. The number of hydrogen-bond donors (Lipinski definition) is 1. The third-order valence-electron chi connectivity index (χ3n) is 7.81. The highest BCUT2D eigenvalue weighted by atomic mass is 16.5. The first-order valence-electron chi connectivity index (χ1n) is 16.2. The third kappa shape index (κ3) is 12.2. The molecule has 0 atom stereocenters. The molecule has 3 aromatic rings. The van der Waals surface area contributed by atoms with E-state index < -0.39 is 5.97 Å². The number of amides is 1. The molecule has 0 aliphatic carbocycles. The lowest BCUT2D eigenvalue weighted by molar-refractivity contribution is -0.121. The van der Waals surface area contributed by atoms with Crippen molar-refractivity contribution in [2.45, 2.75) is 117 Å². The highest BCUT2D eigenvalue weighted by Crippen LogP contribution is 2.27. The third-order valence-corrected chi connectivity index (χ3v) is 7.81. The van der Waals surface area contributed by atoms with Crippen molar-refractivity contribution in [3.05, 3.63) is 77.4 Å². The van der Waals surface area contributed by atoms with E-state index in [2.05, 4.69) is 17.5 Å². The van der Waals surface area contributed by atoms with Gasteiger partial charge in [0.15, 0.2) is 0 Å². The molecule has 0 saturated carbocycles. The zero-order valence-corrected chi connectivity index (χ0v) is 25.8. The molecule has 3 aromatic carbocycles. The Morgan fingerprint density at radius 3 is 1.90 bits per heavy atom. The molecule has 0 spiro atoms. The number of hydrazone groups is 1. The van der Waals surface area contributed by atoms with Gasteiger partial charge in [-0.15, -0.1) is 0 Å². The number of esters is 1. The van der Waals surface area contributed by atoms with E-state index in [4.69, 9.17) is 4.74 Å². The molecule has 0 fully saturated rings. The van der Waals surface area contributed by atoms with Crippen LogP contribution in [0, 0.1) is 6.92 Å². The molecule has 5 nitrogen and oxygen atoms in total. The number of nitrogens with zero attached hydrogens (tertiary/aromatic N) is 1. The summed E-state index contributed by atoms with van der Waals surface area (Å²) in [6.45, 7) is 4.24. The molecule has 0 unspecified atom stereocenters. The first-order chi connectivity index (χ1) is 20.6. The molecule has 0 heterocycles. The Kier molecular flexibility index (Phi) is 15.4. The van der Waals surface area contributed by atoms with Crippen LogP contribution in [0.1, 0.15) is 131 Å². The maximum Gasteiger partial charge on any atom is 0.343 e. The van der Waals surface area contributed by atoms with Crippen LogP contribution in [-0.4, -0.2) is 18.1 Å². The van der Waals surface area contributed by atoms with Crippen LogP contribution in [0.3, 0.4) is 0 Å². The van der Waals surface area contributed by atoms with Gasteiger partial charge in [0, 0.05) is 12.0 Å². The van der Waals surface area contributed by atoms with Crippen LogP contribution in [0.2, 0.25) is 0 Å². The molecule has 3 rings (SSSR count). The fourth-order valence-corrected chi connectivity index (χ4v) is 5.23. The number of benzene rings is 3. The smallest absolute Gasteiger partial charge is 0.343 e. The second kappa shape index (κ2) is 19.6. The zero-order chi connectivity index (χ0) is 29.8. The Hall–Kier alpha value is -3.47.